The number of halogens is 2. The van der Waals surface area contributed by atoms with Gasteiger partial charge in [-0.15, -0.1) is 0 Å². The summed E-state index contributed by atoms with van der Waals surface area (Å²) in [7, 11) is 0. The molecule has 0 amide bonds. The van der Waals surface area contributed by atoms with Gasteiger partial charge in [-0.05, 0) is 24.8 Å². The molecule has 2 nitrogen and oxygen atoms in total. The molecule has 108 valence electrons. The predicted octanol–water partition coefficient (Wildman–Crippen LogP) is 3.83. The Morgan fingerprint density at radius 1 is 1.10 bits per heavy atom. The summed E-state index contributed by atoms with van der Waals surface area (Å²) < 4.78 is 25.3. The van der Waals surface area contributed by atoms with Gasteiger partial charge in [0.1, 0.15) is 5.78 Å². The SMILES string of the molecule is O=C1CCCCC(=O)C(CC(F)F)Cc2ccccc21. The summed E-state index contributed by atoms with van der Waals surface area (Å²) in [5, 5.41) is 0. The van der Waals surface area contributed by atoms with Crippen LogP contribution in [0.25, 0.3) is 0 Å². The minimum Gasteiger partial charge on any atom is -0.299 e. The molecule has 1 aromatic carbocycles. The van der Waals surface area contributed by atoms with E-state index in [0.29, 0.717) is 31.2 Å². The zero-order valence-corrected chi connectivity index (χ0v) is 11.3. The van der Waals surface area contributed by atoms with E-state index in [4.69, 9.17) is 0 Å². The summed E-state index contributed by atoms with van der Waals surface area (Å²) in [4.78, 5) is 24.1. The monoisotopic (exact) mass is 280 g/mol. The number of benzene rings is 1. The van der Waals surface area contributed by atoms with Gasteiger partial charge in [0.15, 0.2) is 5.78 Å². The summed E-state index contributed by atoms with van der Waals surface area (Å²) in [6.45, 7) is 0. The van der Waals surface area contributed by atoms with E-state index in [1.54, 1.807) is 24.3 Å². The molecule has 20 heavy (non-hydrogen) atoms. The Bertz CT molecular complexity index is 497. The molecule has 2 rings (SSSR count). The van der Waals surface area contributed by atoms with Crippen molar-refractivity contribution in [2.45, 2.75) is 45.0 Å². The van der Waals surface area contributed by atoms with Crippen LogP contribution in [0.3, 0.4) is 0 Å². The van der Waals surface area contributed by atoms with Crippen molar-refractivity contribution < 1.29 is 18.4 Å². The quantitative estimate of drug-likeness (QED) is 0.825. The van der Waals surface area contributed by atoms with Gasteiger partial charge in [-0.2, -0.15) is 0 Å². The van der Waals surface area contributed by atoms with Crippen LogP contribution >= 0.6 is 0 Å². The summed E-state index contributed by atoms with van der Waals surface area (Å²) in [6.07, 6.45) is -0.703. The summed E-state index contributed by atoms with van der Waals surface area (Å²) in [5.41, 5.74) is 1.31. The smallest absolute Gasteiger partial charge is 0.239 e. The molecule has 0 aliphatic heterocycles. The maximum absolute atomic E-state index is 12.6. The third-order valence-electron chi connectivity index (χ3n) is 3.78. The average molecular weight is 280 g/mol. The van der Waals surface area contributed by atoms with Crippen molar-refractivity contribution in [2.24, 2.45) is 5.92 Å². The molecule has 0 heterocycles. The Morgan fingerprint density at radius 3 is 2.55 bits per heavy atom. The Hall–Kier alpha value is -1.58. The number of carbonyl (C=O) groups is 2. The summed E-state index contributed by atoms with van der Waals surface area (Å²) >= 11 is 0. The highest BCUT2D eigenvalue weighted by Gasteiger charge is 2.25. The molecule has 1 aliphatic carbocycles. The van der Waals surface area contributed by atoms with Gasteiger partial charge < -0.3 is 0 Å². The zero-order valence-electron chi connectivity index (χ0n) is 11.3. The first kappa shape index (κ1) is 14.8. The average Bonchev–Trinajstić information content (AvgIpc) is 2.42. The van der Waals surface area contributed by atoms with Crippen molar-refractivity contribution in [1.29, 1.82) is 0 Å². The molecule has 0 aromatic heterocycles. The number of fused-ring (bicyclic) bond motifs is 1. The standard InChI is InChI=1S/C16H18F2O2/c17-16(18)10-12-9-11-5-1-2-6-13(11)15(20)8-4-3-7-14(12)19/h1-2,5-6,12,16H,3-4,7-10H2. The van der Waals surface area contributed by atoms with Crippen LogP contribution in [0.4, 0.5) is 8.78 Å². The van der Waals surface area contributed by atoms with Gasteiger partial charge in [-0.25, -0.2) is 8.78 Å². The molecule has 0 radical (unpaired) electrons. The van der Waals surface area contributed by atoms with Crippen LogP contribution in [0, 0.1) is 5.92 Å². The fraction of sp³-hybridized carbons (Fsp3) is 0.500. The molecule has 0 saturated carbocycles. The molecule has 1 unspecified atom stereocenters. The minimum atomic E-state index is -2.49. The lowest BCUT2D eigenvalue weighted by atomic mass is 9.85. The second-order valence-electron chi connectivity index (χ2n) is 5.28. The van der Waals surface area contributed by atoms with Crippen LogP contribution in [0.5, 0.6) is 0 Å². The lowest BCUT2D eigenvalue weighted by Gasteiger charge is -2.19. The number of hydrogen-bond donors (Lipinski definition) is 0. The fourth-order valence-corrected chi connectivity index (χ4v) is 2.70. The molecule has 0 N–H and O–H groups in total. The second kappa shape index (κ2) is 6.73. The lowest BCUT2D eigenvalue weighted by Crippen LogP contribution is -2.22. The van der Waals surface area contributed by atoms with Crippen molar-refractivity contribution in [1.82, 2.24) is 0 Å². The van der Waals surface area contributed by atoms with Gasteiger partial charge in [0.2, 0.25) is 6.43 Å². The third kappa shape index (κ3) is 3.71. The molecule has 4 heteroatoms. The van der Waals surface area contributed by atoms with Gasteiger partial charge >= 0.3 is 0 Å². The van der Waals surface area contributed by atoms with E-state index in [-0.39, 0.29) is 18.0 Å². The molecular formula is C16H18F2O2. The van der Waals surface area contributed by atoms with Gasteiger partial charge in [0, 0.05) is 30.7 Å². The first-order valence-electron chi connectivity index (χ1n) is 7.00. The van der Waals surface area contributed by atoms with E-state index < -0.39 is 18.8 Å². The van der Waals surface area contributed by atoms with Crippen LogP contribution in [-0.2, 0) is 11.2 Å². The third-order valence-corrected chi connectivity index (χ3v) is 3.78. The highest BCUT2D eigenvalue weighted by molar-refractivity contribution is 5.97. The van der Waals surface area contributed by atoms with Gasteiger partial charge in [0.25, 0.3) is 0 Å². The van der Waals surface area contributed by atoms with E-state index in [0.717, 1.165) is 5.56 Å². The van der Waals surface area contributed by atoms with Gasteiger partial charge in [-0.3, -0.25) is 9.59 Å². The molecule has 0 fully saturated rings. The van der Waals surface area contributed by atoms with E-state index >= 15 is 0 Å². The molecule has 1 aromatic rings. The molecular weight excluding hydrogens is 262 g/mol. The normalized spacial score (nSPS) is 20.9. The summed E-state index contributed by atoms with van der Waals surface area (Å²) in [6, 6.07) is 7.04. The Kier molecular flexibility index (Phi) is 4.99. The molecule has 1 atom stereocenters. The van der Waals surface area contributed by atoms with E-state index in [2.05, 4.69) is 0 Å². The highest BCUT2D eigenvalue weighted by atomic mass is 19.3. The number of carbonyl (C=O) groups excluding carboxylic acids is 2. The van der Waals surface area contributed by atoms with Gasteiger partial charge in [0.05, 0.1) is 0 Å². The molecule has 0 saturated heterocycles. The summed E-state index contributed by atoms with van der Waals surface area (Å²) in [5.74, 6) is -0.734. The van der Waals surface area contributed by atoms with Crippen molar-refractivity contribution in [2.75, 3.05) is 0 Å². The van der Waals surface area contributed by atoms with E-state index in [9.17, 15) is 18.4 Å². The molecule has 0 bridgehead atoms. The van der Waals surface area contributed by atoms with E-state index in [1.165, 1.54) is 0 Å². The highest BCUT2D eigenvalue weighted by Crippen LogP contribution is 2.25. The Morgan fingerprint density at radius 2 is 1.80 bits per heavy atom. The molecule has 0 spiro atoms. The van der Waals surface area contributed by atoms with Crippen LogP contribution in [0.15, 0.2) is 24.3 Å². The van der Waals surface area contributed by atoms with Gasteiger partial charge in [-0.1, -0.05) is 24.3 Å². The van der Waals surface area contributed by atoms with Crippen molar-refractivity contribution in [3.63, 3.8) is 0 Å². The lowest BCUT2D eigenvalue weighted by molar-refractivity contribution is -0.124. The van der Waals surface area contributed by atoms with Crippen molar-refractivity contribution >= 4 is 11.6 Å². The van der Waals surface area contributed by atoms with Crippen molar-refractivity contribution in [3.8, 4) is 0 Å². The number of ketones is 2. The van der Waals surface area contributed by atoms with Crippen LogP contribution in [-0.4, -0.2) is 18.0 Å². The number of alkyl halides is 2. The van der Waals surface area contributed by atoms with Crippen LogP contribution < -0.4 is 0 Å². The number of hydrogen-bond acceptors (Lipinski definition) is 2. The van der Waals surface area contributed by atoms with Crippen LogP contribution in [0.2, 0.25) is 0 Å². The minimum absolute atomic E-state index is 0.0470. The number of rotatable bonds is 2. The first-order valence-corrected chi connectivity index (χ1v) is 7.00. The van der Waals surface area contributed by atoms with Crippen molar-refractivity contribution in [3.05, 3.63) is 35.4 Å². The first-order chi connectivity index (χ1) is 9.58. The topological polar surface area (TPSA) is 34.1 Å². The number of Topliss-reactive ketones (excluding diaryl/α,β-unsaturated/α-hetero) is 2. The zero-order chi connectivity index (χ0) is 14.5. The van der Waals surface area contributed by atoms with E-state index in [1.807, 2.05) is 0 Å². The Balaban J connectivity index is 2.30. The Labute approximate surface area is 117 Å². The molecule has 1 aliphatic rings. The maximum atomic E-state index is 12.6. The predicted molar refractivity (Wildman–Crippen MR) is 72.1 cm³/mol. The second-order valence-corrected chi connectivity index (χ2v) is 5.28. The fourth-order valence-electron chi connectivity index (χ4n) is 2.70. The van der Waals surface area contributed by atoms with Crippen LogP contribution in [0.1, 0.15) is 48.0 Å². The maximum Gasteiger partial charge on any atom is 0.239 e. The largest absolute Gasteiger partial charge is 0.299 e.